The number of rotatable bonds is 7. The highest BCUT2D eigenvalue weighted by Crippen LogP contribution is 2.24. The monoisotopic (exact) mass is 256 g/mol. The summed E-state index contributed by atoms with van der Waals surface area (Å²) in [7, 11) is 3.77. The van der Waals surface area contributed by atoms with Crippen LogP contribution in [0.4, 0.5) is 5.69 Å². The van der Waals surface area contributed by atoms with E-state index < -0.39 is 0 Å². The first-order chi connectivity index (χ1) is 8.19. The molecule has 1 rings (SSSR count). The number of ether oxygens (including phenoxy) is 1. The van der Waals surface area contributed by atoms with Crippen LogP contribution in [0.25, 0.3) is 0 Å². The predicted octanol–water partition coefficient (Wildman–Crippen LogP) is 2.53. The molecule has 1 N–H and O–H groups in total. The van der Waals surface area contributed by atoms with Crippen LogP contribution in [0.2, 0.25) is 5.02 Å². The summed E-state index contributed by atoms with van der Waals surface area (Å²) in [4.78, 5) is 2.17. The minimum Gasteiger partial charge on any atom is -0.383 e. The third-order valence-corrected chi connectivity index (χ3v) is 2.89. The fraction of sp³-hybridized carbons (Fsp3) is 0.538. The lowest BCUT2D eigenvalue weighted by Crippen LogP contribution is -2.24. The Morgan fingerprint density at radius 1 is 1.41 bits per heavy atom. The van der Waals surface area contributed by atoms with Crippen LogP contribution in [0.3, 0.4) is 0 Å². The zero-order valence-corrected chi connectivity index (χ0v) is 11.5. The van der Waals surface area contributed by atoms with Gasteiger partial charge < -0.3 is 15.0 Å². The number of benzene rings is 1. The summed E-state index contributed by atoms with van der Waals surface area (Å²) in [5, 5.41) is 4.10. The van der Waals surface area contributed by atoms with Crippen LogP contribution in [0.5, 0.6) is 0 Å². The molecule has 0 saturated carbocycles. The van der Waals surface area contributed by atoms with E-state index in [1.165, 1.54) is 5.56 Å². The number of hydrogen-bond acceptors (Lipinski definition) is 3. The summed E-state index contributed by atoms with van der Waals surface area (Å²) < 4.78 is 5.09. The van der Waals surface area contributed by atoms with E-state index in [-0.39, 0.29) is 0 Å². The van der Waals surface area contributed by atoms with Gasteiger partial charge in [0.25, 0.3) is 0 Å². The third kappa shape index (κ3) is 4.54. The zero-order chi connectivity index (χ0) is 12.7. The molecule has 4 heteroatoms. The van der Waals surface area contributed by atoms with Gasteiger partial charge in [-0.1, -0.05) is 24.6 Å². The van der Waals surface area contributed by atoms with Crippen LogP contribution in [0.15, 0.2) is 18.2 Å². The first-order valence-electron chi connectivity index (χ1n) is 5.88. The van der Waals surface area contributed by atoms with E-state index >= 15 is 0 Å². The molecule has 3 nitrogen and oxygen atoms in total. The molecule has 0 bridgehead atoms. The first-order valence-corrected chi connectivity index (χ1v) is 6.26. The second-order valence-corrected chi connectivity index (χ2v) is 4.40. The molecule has 0 fully saturated rings. The molecule has 0 aliphatic carbocycles. The Labute approximate surface area is 109 Å². The molecule has 0 radical (unpaired) electrons. The van der Waals surface area contributed by atoms with E-state index in [1.807, 2.05) is 12.1 Å². The van der Waals surface area contributed by atoms with Gasteiger partial charge in [0.1, 0.15) is 0 Å². The lowest BCUT2D eigenvalue weighted by Gasteiger charge is -2.22. The van der Waals surface area contributed by atoms with Gasteiger partial charge in [0.05, 0.1) is 6.61 Å². The number of anilines is 1. The van der Waals surface area contributed by atoms with Crippen molar-refractivity contribution in [2.24, 2.45) is 0 Å². The summed E-state index contributed by atoms with van der Waals surface area (Å²) in [6.45, 7) is 5.49. The topological polar surface area (TPSA) is 24.5 Å². The Morgan fingerprint density at radius 3 is 2.82 bits per heavy atom. The normalized spacial score (nSPS) is 10.6. The Balaban J connectivity index is 2.81. The van der Waals surface area contributed by atoms with Gasteiger partial charge in [-0.15, -0.1) is 0 Å². The van der Waals surface area contributed by atoms with Crippen LogP contribution in [0.1, 0.15) is 12.5 Å². The molecule has 96 valence electrons. The van der Waals surface area contributed by atoms with Gasteiger partial charge in [-0.3, -0.25) is 0 Å². The molecule has 17 heavy (non-hydrogen) atoms. The van der Waals surface area contributed by atoms with Crippen LogP contribution in [0, 0.1) is 0 Å². The number of methoxy groups -OCH3 is 1. The number of likely N-dealkylation sites (N-methyl/N-ethyl adjacent to an activating group) is 1. The highest BCUT2D eigenvalue weighted by Gasteiger charge is 2.07. The smallest absolute Gasteiger partial charge is 0.0637 e. The summed E-state index contributed by atoms with van der Waals surface area (Å²) in [6, 6.07) is 6.01. The SMILES string of the molecule is CCNCc1ccc(Cl)cc1N(C)CCOC. The van der Waals surface area contributed by atoms with Crippen molar-refractivity contribution in [3.05, 3.63) is 28.8 Å². The van der Waals surface area contributed by atoms with Crippen molar-refractivity contribution in [2.75, 3.05) is 38.8 Å². The maximum atomic E-state index is 6.05. The van der Waals surface area contributed by atoms with Crippen molar-refractivity contribution in [3.8, 4) is 0 Å². The molecule has 0 heterocycles. The molecular formula is C13H21ClN2O. The predicted molar refractivity (Wildman–Crippen MR) is 74.0 cm³/mol. The van der Waals surface area contributed by atoms with Gasteiger partial charge in [0.15, 0.2) is 0 Å². The molecule has 0 amide bonds. The number of nitrogens with one attached hydrogen (secondary N) is 1. The minimum absolute atomic E-state index is 0.712. The fourth-order valence-electron chi connectivity index (χ4n) is 1.65. The van der Waals surface area contributed by atoms with Crippen LogP contribution in [-0.2, 0) is 11.3 Å². The van der Waals surface area contributed by atoms with Crippen LogP contribution < -0.4 is 10.2 Å². The maximum Gasteiger partial charge on any atom is 0.0637 e. The Morgan fingerprint density at radius 2 is 2.18 bits per heavy atom. The van der Waals surface area contributed by atoms with Crippen molar-refractivity contribution in [1.82, 2.24) is 5.32 Å². The number of halogens is 1. The molecular weight excluding hydrogens is 236 g/mol. The zero-order valence-electron chi connectivity index (χ0n) is 10.8. The van der Waals surface area contributed by atoms with Crippen molar-refractivity contribution < 1.29 is 4.74 Å². The minimum atomic E-state index is 0.712. The second kappa shape index (κ2) is 7.54. The standard InChI is InChI=1S/C13H21ClN2O/c1-4-15-10-11-5-6-12(14)9-13(11)16(2)7-8-17-3/h5-6,9,15H,4,7-8,10H2,1-3H3. The lowest BCUT2D eigenvalue weighted by molar-refractivity contribution is 0.206. The first kappa shape index (κ1) is 14.3. The van der Waals surface area contributed by atoms with Gasteiger partial charge in [-0.05, 0) is 24.2 Å². The van der Waals surface area contributed by atoms with E-state index in [0.29, 0.717) is 6.61 Å². The molecule has 0 spiro atoms. The molecule has 0 aromatic heterocycles. The number of hydrogen-bond donors (Lipinski definition) is 1. The molecule has 1 aromatic rings. The molecule has 0 unspecified atom stereocenters. The molecule has 0 aliphatic rings. The van der Waals surface area contributed by atoms with Gasteiger partial charge in [0.2, 0.25) is 0 Å². The summed E-state index contributed by atoms with van der Waals surface area (Å²) in [6.07, 6.45) is 0. The quantitative estimate of drug-likeness (QED) is 0.812. The summed E-state index contributed by atoms with van der Waals surface area (Å²) in [5.41, 5.74) is 2.42. The largest absolute Gasteiger partial charge is 0.383 e. The molecule has 0 aliphatic heterocycles. The number of nitrogens with zero attached hydrogens (tertiary/aromatic N) is 1. The van der Waals surface area contributed by atoms with E-state index in [0.717, 1.165) is 30.3 Å². The van der Waals surface area contributed by atoms with Crippen molar-refractivity contribution in [2.45, 2.75) is 13.5 Å². The van der Waals surface area contributed by atoms with Crippen LogP contribution in [-0.4, -0.2) is 33.9 Å². The van der Waals surface area contributed by atoms with Gasteiger partial charge in [-0.25, -0.2) is 0 Å². The molecule has 0 saturated heterocycles. The van der Waals surface area contributed by atoms with E-state index in [2.05, 4.69) is 30.3 Å². The average molecular weight is 257 g/mol. The second-order valence-electron chi connectivity index (χ2n) is 3.97. The fourth-order valence-corrected chi connectivity index (χ4v) is 1.82. The molecule has 1 aromatic carbocycles. The summed E-state index contributed by atoms with van der Waals surface area (Å²) >= 11 is 6.05. The van der Waals surface area contributed by atoms with Crippen molar-refractivity contribution >= 4 is 17.3 Å². The maximum absolute atomic E-state index is 6.05. The molecule has 0 atom stereocenters. The Bertz CT molecular complexity index is 344. The van der Waals surface area contributed by atoms with E-state index in [1.54, 1.807) is 7.11 Å². The van der Waals surface area contributed by atoms with Crippen LogP contribution >= 0.6 is 11.6 Å². The Hall–Kier alpha value is -0.770. The summed E-state index contributed by atoms with van der Waals surface area (Å²) in [5.74, 6) is 0. The van der Waals surface area contributed by atoms with Crippen molar-refractivity contribution in [1.29, 1.82) is 0 Å². The highest BCUT2D eigenvalue weighted by molar-refractivity contribution is 6.30. The van der Waals surface area contributed by atoms with Gasteiger partial charge in [-0.2, -0.15) is 0 Å². The lowest BCUT2D eigenvalue weighted by atomic mass is 10.1. The van der Waals surface area contributed by atoms with E-state index in [9.17, 15) is 0 Å². The highest BCUT2D eigenvalue weighted by atomic mass is 35.5. The van der Waals surface area contributed by atoms with Gasteiger partial charge >= 0.3 is 0 Å². The average Bonchev–Trinajstić information content (AvgIpc) is 2.34. The Kier molecular flexibility index (Phi) is 6.34. The third-order valence-electron chi connectivity index (χ3n) is 2.65. The van der Waals surface area contributed by atoms with Crippen molar-refractivity contribution in [3.63, 3.8) is 0 Å². The van der Waals surface area contributed by atoms with Gasteiger partial charge in [0, 0.05) is 38.0 Å². The van der Waals surface area contributed by atoms with E-state index in [4.69, 9.17) is 16.3 Å².